The van der Waals surface area contributed by atoms with Gasteiger partial charge in [0, 0.05) is 18.0 Å². The summed E-state index contributed by atoms with van der Waals surface area (Å²) in [6.07, 6.45) is 3.09. The van der Waals surface area contributed by atoms with E-state index in [0.29, 0.717) is 19.1 Å². The van der Waals surface area contributed by atoms with Gasteiger partial charge in [0.15, 0.2) is 12.1 Å². The first-order valence-corrected chi connectivity index (χ1v) is 6.82. The Morgan fingerprint density at radius 2 is 1.68 bits per heavy atom. The number of aldehydes is 1. The number of carbonyl (C=O) groups excluding carboxylic acids is 3. The molecule has 0 aromatic heterocycles. The smallest absolute Gasteiger partial charge is 0.410 e. The van der Waals surface area contributed by atoms with Crippen molar-refractivity contribution in [1.82, 2.24) is 4.90 Å². The van der Waals surface area contributed by atoms with Crippen molar-refractivity contribution < 1.29 is 19.1 Å². The average molecular weight is 267 g/mol. The van der Waals surface area contributed by atoms with Crippen molar-refractivity contribution in [2.75, 3.05) is 0 Å². The van der Waals surface area contributed by atoms with Gasteiger partial charge in [0.2, 0.25) is 0 Å². The summed E-state index contributed by atoms with van der Waals surface area (Å²) in [5.41, 5.74) is -0.508. The third-order valence-electron chi connectivity index (χ3n) is 3.86. The van der Waals surface area contributed by atoms with Crippen LogP contribution in [0, 0.1) is 5.92 Å². The number of Topliss-reactive ketones (excluding diaryl/α,β-unsaturated/α-hetero) is 1. The lowest BCUT2D eigenvalue weighted by Crippen LogP contribution is -2.49. The molecule has 2 fully saturated rings. The number of ether oxygens (including phenoxy) is 1. The minimum absolute atomic E-state index is 0.0440. The van der Waals surface area contributed by atoms with E-state index in [0.717, 1.165) is 12.8 Å². The summed E-state index contributed by atoms with van der Waals surface area (Å²) in [6, 6.07) is 0.0880. The van der Waals surface area contributed by atoms with Crippen LogP contribution in [0.5, 0.6) is 0 Å². The van der Waals surface area contributed by atoms with E-state index < -0.39 is 5.60 Å². The standard InChI is InChI=1S/C14H21NO4/c1-14(2,3)19-13(18)15-10-4-5-11(15)7-9(6-10)12(17)8-16/h8-11H,4-7H2,1-3H3/t9?,10-,11+. The van der Waals surface area contributed by atoms with Crippen LogP contribution in [0.1, 0.15) is 46.5 Å². The Morgan fingerprint density at radius 3 is 2.11 bits per heavy atom. The van der Waals surface area contributed by atoms with Gasteiger partial charge in [-0.2, -0.15) is 0 Å². The minimum Gasteiger partial charge on any atom is -0.444 e. The van der Waals surface area contributed by atoms with E-state index in [-0.39, 0.29) is 29.9 Å². The Kier molecular flexibility index (Phi) is 3.65. The molecule has 5 nitrogen and oxygen atoms in total. The number of rotatable bonds is 2. The van der Waals surface area contributed by atoms with Gasteiger partial charge >= 0.3 is 6.09 Å². The molecule has 5 heteroatoms. The number of nitrogens with zero attached hydrogens (tertiary/aromatic N) is 1. The van der Waals surface area contributed by atoms with Crippen molar-refractivity contribution in [2.45, 2.75) is 64.1 Å². The van der Waals surface area contributed by atoms with E-state index in [1.165, 1.54) is 0 Å². The zero-order chi connectivity index (χ0) is 14.2. The molecule has 2 heterocycles. The summed E-state index contributed by atoms with van der Waals surface area (Å²) in [5.74, 6) is -0.547. The quantitative estimate of drug-likeness (QED) is 0.566. The van der Waals surface area contributed by atoms with Crippen LogP contribution >= 0.6 is 0 Å². The summed E-state index contributed by atoms with van der Waals surface area (Å²) in [7, 11) is 0. The number of fused-ring (bicyclic) bond motifs is 2. The fraction of sp³-hybridized carbons (Fsp3) is 0.786. The highest BCUT2D eigenvalue weighted by Gasteiger charge is 2.46. The van der Waals surface area contributed by atoms with E-state index in [1.807, 2.05) is 20.8 Å². The second kappa shape index (κ2) is 4.94. The first kappa shape index (κ1) is 14.0. The fourth-order valence-corrected chi connectivity index (χ4v) is 3.12. The van der Waals surface area contributed by atoms with Crippen LogP contribution in [0.4, 0.5) is 4.79 Å². The van der Waals surface area contributed by atoms with Gasteiger partial charge < -0.3 is 9.64 Å². The third-order valence-corrected chi connectivity index (χ3v) is 3.86. The molecule has 1 unspecified atom stereocenters. The molecule has 1 amide bonds. The Labute approximate surface area is 113 Å². The second-order valence-corrected chi connectivity index (χ2v) is 6.46. The molecule has 19 heavy (non-hydrogen) atoms. The number of hydrogen-bond donors (Lipinski definition) is 0. The topological polar surface area (TPSA) is 63.7 Å². The number of piperidine rings is 1. The lowest BCUT2D eigenvalue weighted by atomic mass is 9.88. The molecule has 0 N–H and O–H groups in total. The minimum atomic E-state index is -0.508. The molecule has 2 aliphatic heterocycles. The van der Waals surface area contributed by atoms with Crippen LogP contribution in [0.15, 0.2) is 0 Å². The van der Waals surface area contributed by atoms with E-state index in [4.69, 9.17) is 4.74 Å². The van der Waals surface area contributed by atoms with Gasteiger partial charge in [-0.1, -0.05) is 0 Å². The van der Waals surface area contributed by atoms with Gasteiger partial charge in [0.25, 0.3) is 0 Å². The number of carbonyl (C=O) groups is 3. The fourth-order valence-electron chi connectivity index (χ4n) is 3.12. The molecule has 0 radical (unpaired) electrons. The Hall–Kier alpha value is -1.39. The Morgan fingerprint density at radius 1 is 1.16 bits per heavy atom. The van der Waals surface area contributed by atoms with E-state index in [9.17, 15) is 14.4 Å². The molecule has 0 spiro atoms. The molecule has 0 aromatic carbocycles. The van der Waals surface area contributed by atoms with Crippen LogP contribution < -0.4 is 0 Å². The average Bonchev–Trinajstić information content (AvgIpc) is 2.57. The molecular formula is C14H21NO4. The summed E-state index contributed by atoms with van der Waals surface area (Å²) < 4.78 is 5.41. The predicted molar refractivity (Wildman–Crippen MR) is 68.7 cm³/mol. The molecular weight excluding hydrogens is 246 g/mol. The zero-order valence-corrected chi connectivity index (χ0v) is 11.7. The van der Waals surface area contributed by atoms with Crippen molar-refractivity contribution in [3.63, 3.8) is 0 Å². The van der Waals surface area contributed by atoms with Crippen molar-refractivity contribution in [3.05, 3.63) is 0 Å². The van der Waals surface area contributed by atoms with Crippen LogP contribution in [-0.4, -0.2) is 40.7 Å². The van der Waals surface area contributed by atoms with Crippen molar-refractivity contribution in [1.29, 1.82) is 0 Å². The lowest BCUT2D eigenvalue weighted by molar-refractivity contribution is -0.134. The zero-order valence-electron chi connectivity index (χ0n) is 11.7. The van der Waals surface area contributed by atoms with Crippen LogP contribution in [0.3, 0.4) is 0 Å². The molecule has 0 aromatic rings. The molecule has 2 aliphatic rings. The summed E-state index contributed by atoms with van der Waals surface area (Å²) >= 11 is 0. The first-order valence-electron chi connectivity index (χ1n) is 6.82. The van der Waals surface area contributed by atoms with Gasteiger partial charge in [-0.15, -0.1) is 0 Å². The highest BCUT2D eigenvalue weighted by Crippen LogP contribution is 2.39. The van der Waals surface area contributed by atoms with Gasteiger partial charge in [-0.3, -0.25) is 9.59 Å². The summed E-state index contributed by atoms with van der Waals surface area (Å²) in [5, 5.41) is 0. The Bertz CT molecular complexity index is 385. The first-order chi connectivity index (χ1) is 8.81. The van der Waals surface area contributed by atoms with Crippen LogP contribution in [-0.2, 0) is 14.3 Å². The lowest BCUT2D eigenvalue weighted by Gasteiger charge is -2.38. The second-order valence-electron chi connectivity index (χ2n) is 6.46. The molecule has 2 bridgehead atoms. The van der Waals surface area contributed by atoms with Crippen molar-refractivity contribution >= 4 is 18.2 Å². The largest absolute Gasteiger partial charge is 0.444 e. The van der Waals surface area contributed by atoms with Crippen molar-refractivity contribution in [2.24, 2.45) is 5.92 Å². The van der Waals surface area contributed by atoms with E-state index >= 15 is 0 Å². The van der Waals surface area contributed by atoms with Gasteiger partial charge in [0.1, 0.15) is 5.60 Å². The molecule has 3 atom stereocenters. The SMILES string of the molecule is CC(C)(C)OC(=O)N1[C@@H]2CC[C@H]1CC(C(=O)C=O)C2. The van der Waals surface area contributed by atoms with E-state index in [1.54, 1.807) is 4.90 Å². The van der Waals surface area contributed by atoms with Gasteiger partial charge in [-0.05, 0) is 46.5 Å². The Balaban J connectivity index is 2.05. The number of amides is 1. The monoisotopic (exact) mass is 267 g/mol. The van der Waals surface area contributed by atoms with Crippen LogP contribution in [0.25, 0.3) is 0 Å². The maximum absolute atomic E-state index is 12.2. The predicted octanol–water partition coefficient (Wildman–Crippen LogP) is 1.93. The molecule has 2 rings (SSSR count). The summed E-state index contributed by atoms with van der Waals surface area (Å²) in [6.45, 7) is 5.53. The molecule has 0 saturated carbocycles. The highest BCUT2D eigenvalue weighted by molar-refractivity contribution is 6.26. The molecule has 0 aliphatic carbocycles. The highest BCUT2D eigenvalue weighted by atomic mass is 16.6. The van der Waals surface area contributed by atoms with Crippen LogP contribution in [0.2, 0.25) is 0 Å². The summed E-state index contributed by atoms with van der Waals surface area (Å²) in [4.78, 5) is 36.0. The molecule has 106 valence electrons. The maximum Gasteiger partial charge on any atom is 0.410 e. The third kappa shape index (κ3) is 2.96. The van der Waals surface area contributed by atoms with Crippen molar-refractivity contribution in [3.8, 4) is 0 Å². The van der Waals surface area contributed by atoms with Gasteiger partial charge in [0.05, 0.1) is 0 Å². The molecule has 2 saturated heterocycles. The normalized spacial score (nSPS) is 30.1. The van der Waals surface area contributed by atoms with E-state index in [2.05, 4.69) is 0 Å². The maximum atomic E-state index is 12.2. The number of ketones is 1. The number of hydrogen-bond acceptors (Lipinski definition) is 4. The van der Waals surface area contributed by atoms with Gasteiger partial charge in [-0.25, -0.2) is 4.79 Å².